The molecule has 0 aliphatic carbocycles. The summed E-state index contributed by atoms with van der Waals surface area (Å²) in [5.41, 5.74) is 1.65. The highest BCUT2D eigenvalue weighted by Crippen LogP contribution is 2.34. The van der Waals surface area contributed by atoms with Crippen LogP contribution in [0, 0.1) is 0 Å². The summed E-state index contributed by atoms with van der Waals surface area (Å²) >= 11 is 0. The molecule has 1 N–H and O–H groups in total. The van der Waals surface area contributed by atoms with Crippen molar-refractivity contribution < 1.29 is 28.2 Å². The molecule has 0 spiro atoms. The number of hydrogen-bond acceptors (Lipinski definition) is 5. The summed E-state index contributed by atoms with van der Waals surface area (Å²) in [4.78, 5) is 13.7. The van der Waals surface area contributed by atoms with Crippen LogP contribution in [-0.2, 0) is 6.54 Å². The average molecular weight is 349 g/mol. The van der Waals surface area contributed by atoms with Gasteiger partial charge < -0.3 is 19.5 Å². The van der Waals surface area contributed by atoms with Crippen LogP contribution in [0.1, 0.15) is 15.9 Å². The second kappa shape index (κ2) is 7.48. The van der Waals surface area contributed by atoms with Crippen molar-refractivity contribution in [2.75, 3.05) is 24.7 Å². The first-order chi connectivity index (χ1) is 12.1. The molecule has 2 aromatic carbocycles. The Kier molecular flexibility index (Phi) is 5.14. The molecule has 0 radical (unpaired) electrons. The number of nitrogens with zero attached hydrogens (tertiary/aromatic N) is 1. The number of aliphatic hydroxyl groups is 1. The molecule has 2 aromatic rings. The molecule has 0 aromatic heterocycles. The van der Waals surface area contributed by atoms with E-state index in [4.69, 9.17) is 9.84 Å². The van der Waals surface area contributed by atoms with E-state index >= 15 is 0 Å². The van der Waals surface area contributed by atoms with Gasteiger partial charge in [-0.25, -0.2) is 0 Å². The lowest BCUT2D eigenvalue weighted by atomic mass is 10.1. The van der Waals surface area contributed by atoms with Gasteiger partial charge >= 0.3 is 6.61 Å². The van der Waals surface area contributed by atoms with Gasteiger partial charge in [-0.3, -0.25) is 4.79 Å². The number of halogens is 2. The number of ketones is 1. The topological polar surface area (TPSA) is 59.0 Å². The van der Waals surface area contributed by atoms with Crippen LogP contribution in [0.15, 0.2) is 42.5 Å². The van der Waals surface area contributed by atoms with Gasteiger partial charge in [0.15, 0.2) is 5.78 Å². The number of ether oxygens (including phenoxy) is 2. The Morgan fingerprint density at radius 3 is 2.84 bits per heavy atom. The van der Waals surface area contributed by atoms with E-state index in [0.29, 0.717) is 42.3 Å². The fraction of sp³-hybridized carbons (Fsp3) is 0.278. The predicted molar refractivity (Wildman–Crippen MR) is 87.5 cm³/mol. The highest BCUT2D eigenvalue weighted by Gasteiger charge is 2.21. The van der Waals surface area contributed by atoms with Crippen LogP contribution < -0.4 is 14.4 Å². The molecule has 3 rings (SSSR count). The number of carbonyl (C=O) groups is 1. The fourth-order valence-corrected chi connectivity index (χ4v) is 2.75. The maximum absolute atomic E-state index is 12.6. The van der Waals surface area contributed by atoms with Crippen molar-refractivity contribution in [2.45, 2.75) is 13.2 Å². The lowest BCUT2D eigenvalue weighted by Crippen LogP contribution is -2.32. The van der Waals surface area contributed by atoms with E-state index in [1.807, 2.05) is 4.90 Å². The summed E-state index contributed by atoms with van der Waals surface area (Å²) in [5, 5.41) is 9.03. The maximum Gasteiger partial charge on any atom is 0.387 e. The third kappa shape index (κ3) is 3.88. The Labute approximate surface area is 143 Å². The Hall–Kier alpha value is -2.67. The van der Waals surface area contributed by atoms with Crippen molar-refractivity contribution in [3.63, 3.8) is 0 Å². The summed E-state index contributed by atoms with van der Waals surface area (Å²) in [7, 11) is 0. The molecular weight excluding hydrogens is 332 g/mol. The van der Waals surface area contributed by atoms with E-state index in [1.54, 1.807) is 36.4 Å². The van der Waals surface area contributed by atoms with E-state index in [2.05, 4.69) is 4.74 Å². The molecular formula is C18H17F2NO4. The van der Waals surface area contributed by atoms with Gasteiger partial charge in [-0.2, -0.15) is 8.78 Å². The van der Waals surface area contributed by atoms with E-state index < -0.39 is 19.0 Å². The molecule has 132 valence electrons. The Balaban J connectivity index is 1.90. The Morgan fingerprint density at radius 1 is 1.28 bits per heavy atom. The molecule has 25 heavy (non-hydrogen) atoms. The highest BCUT2D eigenvalue weighted by molar-refractivity contribution is 5.98. The van der Waals surface area contributed by atoms with E-state index in [-0.39, 0.29) is 5.75 Å². The smallest absolute Gasteiger partial charge is 0.387 e. The van der Waals surface area contributed by atoms with Crippen LogP contribution in [0.2, 0.25) is 0 Å². The fourth-order valence-electron chi connectivity index (χ4n) is 2.75. The number of Topliss-reactive ketones (excluding diaryl/α,β-unsaturated/α-hetero) is 1. The molecule has 1 aliphatic rings. The first kappa shape index (κ1) is 17.2. The van der Waals surface area contributed by atoms with Crippen LogP contribution >= 0.6 is 0 Å². The number of rotatable bonds is 6. The second-order valence-electron chi connectivity index (χ2n) is 5.52. The van der Waals surface area contributed by atoms with E-state index in [9.17, 15) is 13.6 Å². The molecule has 1 heterocycles. The molecule has 5 nitrogen and oxygen atoms in total. The number of para-hydroxylation sites is 1. The normalized spacial score (nSPS) is 13.4. The van der Waals surface area contributed by atoms with Crippen LogP contribution in [-0.4, -0.2) is 37.3 Å². The van der Waals surface area contributed by atoms with Crippen molar-refractivity contribution in [3.8, 4) is 11.5 Å². The van der Waals surface area contributed by atoms with E-state index in [1.165, 1.54) is 6.07 Å². The molecule has 1 aliphatic heterocycles. The number of fused-ring (bicyclic) bond motifs is 1. The highest BCUT2D eigenvalue weighted by atomic mass is 19.3. The van der Waals surface area contributed by atoms with Gasteiger partial charge in [0.25, 0.3) is 0 Å². The van der Waals surface area contributed by atoms with Crippen molar-refractivity contribution in [1.82, 2.24) is 0 Å². The van der Waals surface area contributed by atoms with Crippen LogP contribution in [0.5, 0.6) is 11.5 Å². The molecule has 0 atom stereocenters. The molecule has 0 amide bonds. The SMILES string of the molecule is O=C(CO)c1ccc2c(c1)N(Cc1ccccc1OC(F)F)CCO2. The summed E-state index contributed by atoms with van der Waals surface area (Å²) in [6, 6.07) is 11.5. The van der Waals surface area contributed by atoms with Gasteiger partial charge in [0.1, 0.15) is 24.7 Å². The molecule has 0 unspecified atom stereocenters. The standard InChI is InChI=1S/C18H17F2NO4/c19-18(20)25-16-4-2-1-3-13(16)10-21-7-8-24-17-6-5-12(9-14(17)21)15(23)11-22/h1-6,9,18,22H,7-8,10-11H2. The third-order valence-corrected chi connectivity index (χ3v) is 3.93. The van der Waals surface area contributed by atoms with Gasteiger partial charge in [0.05, 0.1) is 12.2 Å². The number of anilines is 1. The molecule has 0 fully saturated rings. The molecule has 0 saturated heterocycles. The summed E-state index contributed by atoms with van der Waals surface area (Å²) < 4.78 is 35.3. The van der Waals surface area contributed by atoms with Crippen molar-refractivity contribution in [1.29, 1.82) is 0 Å². The Morgan fingerprint density at radius 2 is 2.08 bits per heavy atom. The maximum atomic E-state index is 12.6. The summed E-state index contributed by atoms with van der Waals surface area (Å²) in [5.74, 6) is 0.330. The monoisotopic (exact) mass is 349 g/mol. The zero-order valence-corrected chi connectivity index (χ0v) is 13.3. The number of alkyl halides is 2. The lowest BCUT2D eigenvalue weighted by molar-refractivity contribution is -0.0504. The van der Waals surface area contributed by atoms with Crippen molar-refractivity contribution >= 4 is 11.5 Å². The number of aliphatic hydroxyl groups excluding tert-OH is 1. The quantitative estimate of drug-likeness (QED) is 0.813. The first-order valence-corrected chi connectivity index (χ1v) is 7.77. The number of hydrogen-bond donors (Lipinski definition) is 1. The zero-order valence-electron chi connectivity index (χ0n) is 13.3. The van der Waals surface area contributed by atoms with Crippen LogP contribution in [0.25, 0.3) is 0 Å². The largest absolute Gasteiger partial charge is 0.490 e. The number of carbonyl (C=O) groups excluding carboxylic acids is 1. The average Bonchev–Trinajstić information content (AvgIpc) is 2.62. The minimum atomic E-state index is -2.90. The predicted octanol–water partition coefficient (Wildman–Crippen LogP) is 2.86. The van der Waals surface area contributed by atoms with Crippen molar-refractivity contribution in [3.05, 3.63) is 53.6 Å². The van der Waals surface area contributed by atoms with Crippen LogP contribution in [0.4, 0.5) is 14.5 Å². The van der Waals surface area contributed by atoms with Gasteiger partial charge in [-0.05, 0) is 24.3 Å². The summed E-state index contributed by atoms with van der Waals surface area (Å²) in [6.07, 6.45) is 0. The number of benzene rings is 2. The van der Waals surface area contributed by atoms with Gasteiger partial charge in [-0.1, -0.05) is 18.2 Å². The lowest BCUT2D eigenvalue weighted by Gasteiger charge is -2.32. The zero-order chi connectivity index (χ0) is 17.8. The van der Waals surface area contributed by atoms with Gasteiger partial charge in [0.2, 0.25) is 0 Å². The second-order valence-corrected chi connectivity index (χ2v) is 5.52. The van der Waals surface area contributed by atoms with Gasteiger partial charge in [-0.15, -0.1) is 0 Å². The Bertz CT molecular complexity index is 766. The van der Waals surface area contributed by atoms with E-state index in [0.717, 1.165) is 0 Å². The van der Waals surface area contributed by atoms with Crippen LogP contribution in [0.3, 0.4) is 0 Å². The van der Waals surface area contributed by atoms with Gasteiger partial charge in [0, 0.05) is 17.7 Å². The molecule has 0 bridgehead atoms. The third-order valence-electron chi connectivity index (χ3n) is 3.93. The van der Waals surface area contributed by atoms with Crippen molar-refractivity contribution in [2.24, 2.45) is 0 Å². The molecule has 0 saturated carbocycles. The minimum Gasteiger partial charge on any atom is -0.490 e. The summed E-state index contributed by atoms with van der Waals surface area (Å²) in [6.45, 7) is -2.17. The first-order valence-electron chi connectivity index (χ1n) is 7.77. The molecule has 7 heteroatoms. The minimum absolute atomic E-state index is 0.119.